The van der Waals surface area contributed by atoms with Crippen molar-refractivity contribution in [3.63, 3.8) is 0 Å². The van der Waals surface area contributed by atoms with Crippen molar-refractivity contribution >= 4 is 27.5 Å². The molecule has 7 nitrogen and oxygen atoms in total. The number of nitrogens with two attached hydrogens (primary N) is 2. The molecule has 0 saturated carbocycles. The summed E-state index contributed by atoms with van der Waals surface area (Å²) in [6, 6.07) is 5.09. The highest BCUT2D eigenvalue weighted by atomic mass is 32.2. The van der Waals surface area contributed by atoms with Crippen LogP contribution in [0.4, 0.5) is 5.69 Å². The Morgan fingerprint density at radius 1 is 1.17 bits per heavy atom. The van der Waals surface area contributed by atoms with Crippen LogP contribution in [0.5, 0.6) is 0 Å². The van der Waals surface area contributed by atoms with E-state index in [0.717, 1.165) is 0 Å². The fourth-order valence-corrected chi connectivity index (χ4v) is 1.56. The number of rotatable bonds is 4. The predicted octanol–water partition coefficient (Wildman–Crippen LogP) is -0.686. The molecule has 0 aliphatic heterocycles. The quantitative estimate of drug-likeness (QED) is 0.379. The average molecular weight is 269 g/mol. The molecule has 0 bridgehead atoms. The van der Waals surface area contributed by atoms with Crippen molar-refractivity contribution in [3.8, 4) is 0 Å². The third-order valence-electron chi connectivity index (χ3n) is 2.01. The molecule has 0 fully saturated rings. The summed E-state index contributed by atoms with van der Waals surface area (Å²) in [5, 5.41) is 7.23. The molecule has 1 aromatic rings. The van der Waals surface area contributed by atoms with Crippen LogP contribution in [0.15, 0.2) is 41.3 Å². The van der Waals surface area contributed by atoms with Gasteiger partial charge in [0.05, 0.1) is 10.5 Å². The standard InChI is InChI=1S/C10H11N3O4S/c1-6(9(11)14)10(15)13-7-2-4-8(5-3-7)18(12,16)17/h2-5H,1H2,(H2,11,14)(H,13,15)(H2,12,16,17). The molecule has 1 aromatic carbocycles. The Balaban J connectivity index is 2.86. The molecular formula is C10H11N3O4S. The topological polar surface area (TPSA) is 132 Å². The smallest absolute Gasteiger partial charge is 0.260 e. The Hall–Kier alpha value is -2.19. The lowest BCUT2D eigenvalue weighted by molar-refractivity contribution is -0.119. The SMILES string of the molecule is C=C(C(N)=O)C(=O)Nc1ccc(S(N)(=O)=O)cc1. The molecule has 0 aliphatic rings. The van der Waals surface area contributed by atoms with E-state index in [9.17, 15) is 18.0 Å². The molecule has 18 heavy (non-hydrogen) atoms. The van der Waals surface area contributed by atoms with Gasteiger partial charge in [-0.25, -0.2) is 13.6 Å². The molecule has 0 aliphatic carbocycles. The van der Waals surface area contributed by atoms with E-state index in [1.54, 1.807) is 0 Å². The molecule has 96 valence electrons. The van der Waals surface area contributed by atoms with Crippen LogP contribution in [-0.4, -0.2) is 20.2 Å². The number of carbonyl (C=O) groups excluding carboxylic acids is 2. The van der Waals surface area contributed by atoms with Gasteiger partial charge in [0.2, 0.25) is 10.0 Å². The summed E-state index contributed by atoms with van der Waals surface area (Å²) in [6.45, 7) is 3.20. The number of sulfonamides is 1. The van der Waals surface area contributed by atoms with Gasteiger partial charge in [-0.05, 0) is 24.3 Å². The number of hydrogen-bond acceptors (Lipinski definition) is 4. The fraction of sp³-hybridized carbons (Fsp3) is 0. The van der Waals surface area contributed by atoms with Gasteiger partial charge in [-0.2, -0.15) is 0 Å². The van der Waals surface area contributed by atoms with E-state index >= 15 is 0 Å². The molecule has 0 unspecified atom stereocenters. The Morgan fingerprint density at radius 3 is 2.06 bits per heavy atom. The van der Waals surface area contributed by atoms with E-state index < -0.39 is 27.4 Å². The molecule has 2 amide bonds. The molecule has 0 aromatic heterocycles. The molecule has 0 spiro atoms. The first-order chi connectivity index (χ1) is 8.21. The highest BCUT2D eigenvalue weighted by molar-refractivity contribution is 7.89. The average Bonchev–Trinajstić information content (AvgIpc) is 2.27. The zero-order valence-electron chi connectivity index (χ0n) is 9.21. The van der Waals surface area contributed by atoms with Gasteiger partial charge >= 0.3 is 0 Å². The van der Waals surface area contributed by atoms with E-state index in [1.807, 2.05) is 0 Å². The second-order valence-electron chi connectivity index (χ2n) is 3.37. The number of primary amides is 1. The van der Waals surface area contributed by atoms with E-state index in [1.165, 1.54) is 24.3 Å². The van der Waals surface area contributed by atoms with Gasteiger partial charge < -0.3 is 11.1 Å². The number of nitrogens with one attached hydrogen (secondary N) is 1. The first-order valence-corrected chi connectivity index (χ1v) is 6.19. The summed E-state index contributed by atoms with van der Waals surface area (Å²) in [4.78, 5) is 22.0. The maximum Gasteiger partial charge on any atom is 0.260 e. The van der Waals surface area contributed by atoms with Crippen molar-refractivity contribution in [2.75, 3.05) is 5.32 Å². The lowest BCUT2D eigenvalue weighted by atomic mass is 10.2. The van der Waals surface area contributed by atoms with Gasteiger partial charge in [0, 0.05) is 5.69 Å². The molecular weight excluding hydrogens is 258 g/mol. The maximum absolute atomic E-state index is 11.4. The molecule has 0 heterocycles. The van der Waals surface area contributed by atoms with Crippen molar-refractivity contribution in [2.45, 2.75) is 4.90 Å². The lowest BCUT2D eigenvalue weighted by Crippen LogP contribution is -2.24. The lowest BCUT2D eigenvalue weighted by Gasteiger charge is -2.05. The number of carbonyl (C=O) groups is 2. The van der Waals surface area contributed by atoms with Crippen molar-refractivity contribution in [3.05, 3.63) is 36.4 Å². The fourth-order valence-electron chi connectivity index (χ4n) is 1.05. The summed E-state index contributed by atoms with van der Waals surface area (Å²) < 4.78 is 22.0. The van der Waals surface area contributed by atoms with Gasteiger partial charge in [-0.3, -0.25) is 9.59 Å². The second-order valence-corrected chi connectivity index (χ2v) is 4.93. The van der Waals surface area contributed by atoms with Crippen molar-refractivity contribution < 1.29 is 18.0 Å². The molecule has 0 radical (unpaired) electrons. The van der Waals surface area contributed by atoms with Gasteiger partial charge in [0.15, 0.2) is 0 Å². The monoisotopic (exact) mass is 269 g/mol. The summed E-state index contributed by atoms with van der Waals surface area (Å²) in [5.41, 5.74) is 4.77. The van der Waals surface area contributed by atoms with Crippen molar-refractivity contribution in [1.82, 2.24) is 0 Å². The third-order valence-corrected chi connectivity index (χ3v) is 2.94. The number of anilines is 1. The van der Waals surface area contributed by atoms with E-state index in [0.29, 0.717) is 0 Å². The zero-order chi connectivity index (χ0) is 13.9. The summed E-state index contributed by atoms with van der Waals surface area (Å²) in [5.74, 6) is -1.69. The normalized spacial score (nSPS) is 10.7. The largest absolute Gasteiger partial charge is 0.365 e. The Kier molecular flexibility index (Phi) is 3.84. The van der Waals surface area contributed by atoms with Gasteiger partial charge in [-0.1, -0.05) is 6.58 Å². The Morgan fingerprint density at radius 2 is 1.67 bits per heavy atom. The van der Waals surface area contributed by atoms with E-state index in [-0.39, 0.29) is 10.6 Å². The van der Waals surface area contributed by atoms with Crippen LogP contribution in [-0.2, 0) is 19.6 Å². The molecule has 0 atom stereocenters. The van der Waals surface area contributed by atoms with E-state index in [4.69, 9.17) is 10.9 Å². The van der Waals surface area contributed by atoms with Crippen molar-refractivity contribution in [2.24, 2.45) is 10.9 Å². The number of primary sulfonamides is 1. The molecule has 0 saturated heterocycles. The van der Waals surface area contributed by atoms with Gasteiger partial charge in [0.25, 0.3) is 11.8 Å². The zero-order valence-corrected chi connectivity index (χ0v) is 10.0. The number of hydrogen-bond donors (Lipinski definition) is 3. The minimum absolute atomic E-state index is 0.0887. The Bertz CT molecular complexity index is 605. The van der Waals surface area contributed by atoms with Crippen LogP contribution in [0.2, 0.25) is 0 Å². The molecule has 5 N–H and O–H groups in total. The first kappa shape index (κ1) is 13.9. The maximum atomic E-state index is 11.4. The second kappa shape index (κ2) is 4.98. The Labute approximate surface area is 104 Å². The van der Waals surface area contributed by atoms with Crippen LogP contribution >= 0.6 is 0 Å². The van der Waals surface area contributed by atoms with Crippen molar-refractivity contribution in [1.29, 1.82) is 0 Å². The summed E-state index contributed by atoms with van der Waals surface area (Å²) in [7, 11) is -3.78. The highest BCUT2D eigenvalue weighted by Gasteiger charge is 2.13. The minimum atomic E-state index is -3.78. The number of benzene rings is 1. The number of amides is 2. The minimum Gasteiger partial charge on any atom is -0.365 e. The van der Waals surface area contributed by atoms with Crippen LogP contribution in [0.1, 0.15) is 0 Å². The first-order valence-electron chi connectivity index (χ1n) is 4.65. The van der Waals surface area contributed by atoms with Crippen LogP contribution in [0, 0.1) is 0 Å². The summed E-state index contributed by atoms with van der Waals surface area (Å²) >= 11 is 0. The highest BCUT2D eigenvalue weighted by Crippen LogP contribution is 2.13. The van der Waals surface area contributed by atoms with Gasteiger partial charge in [0.1, 0.15) is 0 Å². The summed E-state index contributed by atoms with van der Waals surface area (Å²) in [6.07, 6.45) is 0. The predicted molar refractivity (Wildman–Crippen MR) is 64.8 cm³/mol. The van der Waals surface area contributed by atoms with Crippen LogP contribution in [0.3, 0.4) is 0 Å². The third kappa shape index (κ3) is 3.40. The van der Waals surface area contributed by atoms with Crippen LogP contribution < -0.4 is 16.2 Å². The van der Waals surface area contributed by atoms with Gasteiger partial charge in [-0.15, -0.1) is 0 Å². The molecule has 8 heteroatoms. The molecule has 1 rings (SSSR count). The van der Waals surface area contributed by atoms with E-state index in [2.05, 4.69) is 11.9 Å². The van der Waals surface area contributed by atoms with Crippen LogP contribution in [0.25, 0.3) is 0 Å².